The maximum atomic E-state index is 11.9. The Morgan fingerprint density at radius 3 is 2.35 bits per heavy atom. The van der Waals surface area contributed by atoms with Gasteiger partial charge in [0.25, 0.3) is 0 Å². The molecule has 1 N–H and O–H groups in total. The zero-order valence-corrected chi connectivity index (χ0v) is 14.7. The molecule has 2 aromatic carbocycles. The predicted octanol–water partition coefficient (Wildman–Crippen LogP) is 2.45. The molecule has 3 rings (SSSR count). The summed E-state index contributed by atoms with van der Waals surface area (Å²) in [7, 11) is 2.78. The summed E-state index contributed by atoms with van der Waals surface area (Å²) in [4.78, 5) is 23.5. The molecule has 1 saturated heterocycles. The molecule has 1 aliphatic rings. The molecule has 0 radical (unpaired) electrons. The average Bonchev–Trinajstić information content (AvgIpc) is 3.08. The third-order valence-electron chi connectivity index (χ3n) is 4.54. The van der Waals surface area contributed by atoms with E-state index in [9.17, 15) is 14.7 Å². The lowest BCUT2D eigenvalue weighted by Crippen LogP contribution is -2.37. The van der Waals surface area contributed by atoms with Crippen LogP contribution in [0.15, 0.2) is 36.4 Å². The zero-order chi connectivity index (χ0) is 18.9. The minimum Gasteiger partial charge on any atom is -0.497 e. The Morgan fingerprint density at radius 1 is 1.08 bits per heavy atom. The highest BCUT2D eigenvalue weighted by Gasteiger charge is 2.54. The van der Waals surface area contributed by atoms with Crippen LogP contribution in [-0.4, -0.2) is 43.5 Å². The van der Waals surface area contributed by atoms with Gasteiger partial charge in [0.05, 0.1) is 14.2 Å². The molecule has 0 saturated carbocycles. The topological polar surface area (TPSA) is 91.3 Å². The van der Waals surface area contributed by atoms with Crippen LogP contribution in [0.2, 0.25) is 0 Å². The first kappa shape index (κ1) is 18.2. The van der Waals surface area contributed by atoms with Crippen molar-refractivity contribution in [3.63, 3.8) is 0 Å². The number of aliphatic carboxylic acids is 1. The smallest absolute Gasteiger partial charge is 0.338 e. The van der Waals surface area contributed by atoms with Crippen LogP contribution >= 0.6 is 0 Å². The summed E-state index contributed by atoms with van der Waals surface area (Å²) < 4.78 is 21.4. The summed E-state index contributed by atoms with van der Waals surface area (Å²) in [6.07, 6.45) is -2.44. The molecule has 138 valence electrons. The van der Waals surface area contributed by atoms with E-state index in [1.165, 1.54) is 7.11 Å². The fourth-order valence-corrected chi connectivity index (χ4v) is 3.12. The molecule has 7 heteroatoms. The predicted molar refractivity (Wildman–Crippen MR) is 91.9 cm³/mol. The van der Waals surface area contributed by atoms with Crippen LogP contribution in [0, 0.1) is 0 Å². The molecule has 0 aliphatic carbocycles. The number of esters is 1. The van der Waals surface area contributed by atoms with Gasteiger partial charge in [-0.15, -0.1) is 0 Å². The fourth-order valence-electron chi connectivity index (χ4n) is 3.12. The molecular weight excluding hydrogens is 340 g/mol. The van der Waals surface area contributed by atoms with E-state index in [-0.39, 0.29) is 0 Å². The molecule has 0 amide bonds. The van der Waals surface area contributed by atoms with E-state index in [4.69, 9.17) is 14.2 Å². The second-order valence-corrected chi connectivity index (χ2v) is 5.97. The van der Waals surface area contributed by atoms with Gasteiger partial charge >= 0.3 is 11.9 Å². The van der Waals surface area contributed by atoms with Gasteiger partial charge in [-0.05, 0) is 29.0 Å². The lowest BCUT2D eigenvalue weighted by molar-refractivity contribution is -0.196. The van der Waals surface area contributed by atoms with E-state index >= 15 is 0 Å². The van der Waals surface area contributed by atoms with Gasteiger partial charge in [0.2, 0.25) is 0 Å². The molecular formula is C19H20O7. The zero-order valence-electron chi connectivity index (χ0n) is 14.7. The van der Waals surface area contributed by atoms with Gasteiger partial charge in [-0.25, -0.2) is 9.59 Å². The van der Waals surface area contributed by atoms with Crippen LogP contribution in [0.3, 0.4) is 0 Å². The van der Waals surface area contributed by atoms with Crippen molar-refractivity contribution >= 4 is 22.7 Å². The Bertz CT molecular complexity index is 847. The normalized spacial score (nSPS) is 25.2. The van der Waals surface area contributed by atoms with Crippen molar-refractivity contribution in [2.75, 3.05) is 14.2 Å². The van der Waals surface area contributed by atoms with Crippen LogP contribution in [0.4, 0.5) is 0 Å². The lowest BCUT2D eigenvalue weighted by atomic mass is 9.99. The van der Waals surface area contributed by atoms with Crippen molar-refractivity contribution in [3.8, 4) is 5.75 Å². The Hall–Kier alpha value is -2.64. The standard InChI is InChI=1S/C19H20O7/c1-4-19(25-15(17(20)21)16(26-19)18(22)24-3)13-7-5-12-10-14(23-2)8-6-11(12)9-13/h5-10,15-16H,4H2,1-3H3,(H,20,21). The van der Waals surface area contributed by atoms with E-state index < -0.39 is 29.9 Å². The van der Waals surface area contributed by atoms with E-state index in [0.29, 0.717) is 12.0 Å². The van der Waals surface area contributed by atoms with Crippen molar-refractivity contribution in [2.45, 2.75) is 31.3 Å². The molecule has 0 aromatic heterocycles. The molecule has 1 heterocycles. The van der Waals surface area contributed by atoms with E-state index in [0.717, 1.165) is 16.5 Å². The largest absolute Gasteiger partial charge is 0.497 e. The summed E-state index contributed by atoms with van der Waals surface area (Å²) in [6, 6.07) is 11.1. The first-order valence-corrected chi connectivity index (χ1v) is 8.18. The third-order valence-corrected chi connectivity index (χ3v) is 4.54. The van der Waals surface area contributed by atoms with Crippen LogP contribution in [0.5, 0.6) is 5.75 Å². The molecule has 0 spiro atoms. The average molecular weight is 360 g/mol. The molecule has 1 fully saturated rings. The molecule has 2 aromatic rings. The van der Waals surface area contributed by atoms with E-state index in [1.54, 1.807) is 20.1 Å². The number of methoxy groups -OCH3 is 2. The number of carbonyl (C=O) groups excluding carboxylic acids is 1. The third kappa shape index (κ3) is 3.00. The maximum Gasteiger partial charge on any atom is 0.338 e. The first-order valence-electron chi connectivity index (χ1n) is 8.18. The minimum absolute atomic E-state index is 0.325. The molecule has 0 bridgehead atoms. The Morgan fingerprint density at radius 2 is 1.73 bits per heavy atom. The summed E-state index contributed by atoms with van der Waals surface area (Å²) in [5.41, 5.74) is 0.635. The number of ether oxygens (including phenoxy) is 4. The van der Waals surface area contributed by atoms with Crippen molar-refractivity contribution < 1.29 is 33.6 Å². The minimum atomic E-state index is -1.44. The van der Waals surface area contributed by atoms with Crippen LogP contribution in [0.25, 0.3) is 10.8 Å². The number of carbonyl (C=O) groups is 2. The van der Waals surface area contributed by atoms with Gasteiger partial charge in [0, 0.05) is 12.0 Å². The van der Waals surface area contributed by atoms with Crippen molar-refractivity contribution in [1.82, 2.24) is 0 Å². The number of hydrogen-bond acceptors (Lipinski definition) is 6. The maximum absolute atomic E-state index is 11.9. The van der Waals surface area contributed by atoms with Gasteiger partial charge in [0.15, 0.2) is 18.0 Å². The summed E-state index contributed by atoms with van der Waals surface area (Å²) in [5, 5.41) is 11.3. The number of rotatable bonds is 5. The highest BCUT2D eigenvalue weighted by atomic mass is 16.8. The molecule has 3 unspecified atom stereocenters. The first-order chi connectivity index (χ1) is 12.4. The fraction of sp³-hybridized carbons (Fsp3) is 0.368. The number of carboxylic acid groups (broad SMARTS) is 1. The van der Waals surface area contributed by atoms with Gasteiger partial charge in [-0.3, -0.25) is 0 Å². The SMILES string of the molecule is CCC1(c2ccc3cc(OC)ccc3c2)OC(C(=O)O)C(C(=O)OC)O1. The monoisotopic (exact) mass is 360 g/mol. The number of benzene rings is 2. The second-order valence-electron chi connectivity index (χ2n) is 5.97. The number of fused-ring (bicyclic) bond motifs is 1. The van der Waals surface area contributed by atoms with Gasteiger partial charge in [0.1, 0.15) is 5.75 Å². The van der Waals surface area contributed by atoms with Gasteiger partial charge in [-0.1, -0.05) is 25.1 Å². The highest BCUT2D eigenvalue weighted by Crippen LogP contribution is 2.42. The second kappa shape index (κ2) is 6.93. The molecule has 3 atom stereocenters. The van der Waals surface area contributed by atoms with E-state index in [1.807, 2.05) is 30.3 Å². The van der Waals surface area contributed by atoms with Crippen molar-refractivity contribution in [2.24, 2.45) is 0 Å². The molecule has 1 aliphatic heterocycles. The van der Waals surface area contributed by atoms with Crippen LogP contribution < -0.4 is 4.74 Å². The highest BCUT2D eigenvalue weighted by molar-refractivity contribution is 5.86. The van der Waals surface area contributed by atoms with Crippen molar-refractivity contribution in [1.29, 1.82) is 0 Å². The van der Waals surface area contributed by atoms with Crippen molar-refractivity contribution in [3.05, 3.63) is 42.0 Å². The van der Waals surface area contributed by atoms with Gasteiger partial charge < -0.3 is 24.1 Å². The summed E-state index contributed by atoms with van der Waals surface area (Å²) >= 11 is 0. The quantitative estimate of drug-likeness (QED) is 0.819. The van der Waals surface area contributed by atoms with Gasteiger partial charge in [-0.2, -0.15) is 0 Å². The Balaban J connectivity index is 2.03. The van der Waals surface area contributed by atoms with Crippen LogP contribution in [-0.2, 0) is 29.6 Å². The number of hydrogen-bond donors (Lipinski definition) is 1. The lowest BCUT2D eigenvalue weighted by Gasteiger charge is -2.27. The van der Waals surface area contributed by atoms with E-state index in [2.05, 4.69) is 4.74 Å². The Labute approximate surface area is 150 Å². The summed E-state index contributed by atoms with van der Waals surface area (Å²) in [6.45, 7) is 1.80. The Kier molecular flexibility index (Phi) is 4.84. The molecule has 7 nitrogen and oxygen atoms in total. The summed E-state index contributed by atoms with van der Waals surface area (Å²) in [5.74, 6) is -2.66. The van der Waals surface area contributed by atoms with Crippen LogP contribution in [0.1, 0.15) is 18.9 Å². The number of carboxylic acids is 1. The molecule has 26 heavy (non-hydrogen) atoms.